The van der Waals surface area contributed by atoms with E-state index in [4.69, 9.17) is 11.6 Å². The smallest absolute Gasteiger partial charge is 0.280 e. The van der Waals surface area contributed by atoms with E-state index in [0.717, 1.165) is 16.3 Å². The summed E-state index contributed by atoms with van der Waals surface area (Å²) in [6.07, 6.45) is -3.35. The molecule has 0 fully saturated rings. The van der Waals surface area contributed by atoms with E-state index in [1.807, 2.05) is 0 Å². The van der Waals surface area contributed by atoms with E-state index in [-0.39, 0.29) is 10.6 Å². The summed E-state index contributed by atoms with van der Waals surface area (Å²) in [4.78, 5) is 0.00377. The lowest BCUT2D eigenvalue weighted by molar-refractivity contribution is -0.141. The van der Waals surface area contributed by atoms with Crippen LogP contribution in [0.25, 0.3) is 5.69 Å². The normalized spacial score (nSPS) is 12.2. The molecule has 0 saturated heterocycles. The van der Waals surface area contributed by atoms with Crippen molar-refractivity contribution in [2.24, 2.45) is 0 Å². The van der Waals surface area contributed by atoms with Crippen LogP contribution in [0.1, 0.15) is 11.3 Å². The minimum atomic E-state index is -4.53. The Hall–Kier alpha value is -2.52. The topological polar surface area (TPSA) is 64.0 Å². The number of hydrogen-bond donors (Lipinski definition) is 1. The van der Waals surface area contributed by atoms with Crippen LogP contribution in [0.5, 0.6) is 0 Å². The number of rotatable bonds is 4. The number of halogens is 4. The van der Waals surface area contributed by atoms with Crippen LogP contribution in [0.2, 0.25) is 5.02 Å². The predicted octanol–water partition coefficient (Wildman–Crippen LogP) is 4.65. The molecule has 0 saturated carbocycles. The Morgan fingerprint density at radius 2 is 1.74 bits per heavy atom. The first-order valence-electron chi connectivity index (χ1n) is 7.58. The fourth-order valence-electron chi connectivity index (χ4n) is 2.26. The molecule has 0 bridgehead atoms. The van der Waals surface area contributed by atoms with Crippen molar-refractivity contribution in [2.45, 2.75) is 18.0 Å². The number of anilines is 1. The summed E-state index contributed by atoms with van der Waals surface area (Å²) in [5, 5.41) is 3.79. The van der Waals surface area contributed by atoms with Gasteiger partial charge in [-0.05, 0) is 55.0 Å². The molecule has 0 spiro atoms. The Morgan fingerprint density at radius 3 is 2.30 bits per heavy atom. The van der Waals surface area contributed by atoms with E-state index in [0.29, 0.717) is 10.7 Å². The number of benzene rings is 2. The van der Waals surface area contributed by atoms with Gasteiger partial charge >= 0.3 is 6.18 Å². The van der Waals surface area contributed by atoms with Gasteiger partial charge in [-0.15, -0.1) is 0 Å². The maximum Gasteiger partial charge on any atom is 0.435 e. The van der Waals surface area contributed by atoms with Crippen molar-refractivity contribution in [2.75, 3.05) is 4.72 Å². The molecule has 3 aromatic rings. The molecular formula is C17H13ClF3N3O2S. The summed E-state index contributed by atoms with van der Waals surface area (Å²) in [5.74, 6) is 0. The van der Waals surface area contributed by atoms with Gasteiger partial charge in [-0.25, -0.2) is 13.1 Å². The van der Waals surface area contributed by atoms with E-state index < -0.39 is 21.9 Å². The number of sulfonamides is 1. The molecule has 5 nitrogen and oxygen atoms in total. The molecule has 0 aliphatic carbocycles. The zero-order chi connectivity index (χ0) is 19.8. The average molecular weight is 416 g/mol. The Kier molecular flexibility index (Phi) is 4.92. The highest BCUT2D eigenvalue weighted by molar-refractivity contribution is 7.92. The molecular weight excluding hydrogens is 403 g/mol. The molecule has 0 aliphatic heterocycles. The van der Waals surface area contributed by atoms with Gasteiger partial charge in [0.15, 0.2) is 5.69 Å². The Morgan fingerprint density at radius 1 is 1.07 bits per heavy atom. The van der Waals surface area contributed by atoms with E-state index in [1.54, 1.807) is 13.0 Å². The highest BCUT2D eigenvalue weighted by Crippen LogP contribution is 2.28. The third-order valence-corrected chi connectivity index (χ3v) is 5.50. The van der Waals surface area contributed by atoms with E-state index in [9.17, 15) is 21.6 Å². The summed E-state index contributed by atoms with van der Waals surface area (Å²) >= 11 is 5.96. The fourth-order valence-corrected chi connectivity index (χ4v) is 3.59. The number of nitrogens with zero attached hydrogens (tertiary/aromatic N) is 2. The Labute approximate surface area is 158 Å². The van der Waals surface area contributed by atoms with Gasteiger partial charge < -0.3 is 0 Å². The van der Waals surface area contributed by atoms with Crippen molar-refractivity contribution >= 4 is 27.3 Å². The molecule has 142 valence electrons. The largest absolute Gasteiger partial charge is 0.435 e. The minimum Gasteiger partial charge on any atom is -0.280 e. The maximum absolute atomic E-state index is 12.6. The second-order valence-corrected chi connectivity index (χ2v) is 7.80. The van der Waals surface area contributed by atoms with Crippen molar-refractivity contribution < 1.29 is 21.6 Å². The zero-order valence-electron chi connectivity index (χ0n) is 13.8. The zero-order valence-corrected chi connectivity index (χ0v) is 15.4. The Bertz CT molecular complexity index is 1080. The summed E-state index contributed by atoms with van der Waals surface area (Å²) < 4.78 is 66.2. The summed E-state index contributed by atoms with van der Waals surface area (Å²) in [7, 11) is -3.85. The first kappa shape index (κ1) is 19.2. The molecule has 2 aromatic carbocycles. The Balaban J connectivity index is 1.81. The van der Waals surface area contributed by atoms with Crippen molar-refractivity contribution in [3.63, 3.8) is 0 Å². The SMILES string of the molecule is Cc1ccc(S(=O)(=O)Nc2ccc(-n3ccc(C(F)(F)F)n3)cc2)cc1Cl. The van der Waals surface area contributed by atoms with E-state index in [1.165, 1.54) is 42.6 Å². The summed E-state index contributed by atoms with van der Waals surface area (Å²) in [6, 6.07) is 11.0. The predicted molar refractivity (Wildman–Crippen MR) is 95.6 cm³/mol. The van der Waals surface area contributed by atoms with Crippen LogP contribution < -0.4 is 4.72 Å². The number of hydrogen-bond acceptors (Lipinski definition) is 3. The second kappa shape index (κ2) is 6.90. The lowest BCUT2D eigenvalue weighted by Gasteiger charge is -2.10. The molecule has 0 radical (unpaired) electrons. The van der Waals surface area contributed by atoms with Gasteiger partial charge in [0.25, 0.3) is 10.0 Å². The highest BCUT2D eigenvalue weighted by atomic mass is 35.5. The van der Waals surface area contributed by atoms with Gasteiger partial charge in [0.2, 0.25) is 0 Å². The van der Waals surface area contributed by atoms with Crippen LogP contribution in [0, 0.1) is 6.92 Å². The molecule has 27 heavy (non-hydrogen) atoms. The van der Waals surface area contributed by atoms with Crippen LogP contribution in [-0.4, -0.2) is 18.2 Å². The van der Waals surface area contributed by atoms with Crippen LogP contribution in [0.15, 0.2) is 59.6 Å². The second-order valence-electron chi connectivity index (χ2n) is 5.71. The van der Waals surface area contributed by atoms with Crippen molar-refractivity contribution in [1.29, 1.82) is 0 Å². The van der Waals surface area contributed by atoms with Crippen molar-refractivity contribution in [1.82, 2.24) is 9.78 Å². The van der Waals surface area contributed by atoms with Crippen LogP contribution in [0.4, 0.5) is 18.9 Å². The lowest BCUT2D eigenvalue weighted by atomic mass is 10.2. The van der Waals surface area contributed by atoms with Crippen LogP contribution >= 0.6 is 11.6 Å². The number of alkyl halides is 3. The van der Waals surface area contributed by atoms with Gasteiger partial charge in [-0.1, -0.05) is 17.7 Å². The molecule has 3 rings (SSSR count). The van der Waals surface area contributed by atoms with Crippen LogP contribution in [0.3, 0.4) is 0 Å². The molecule has 1 aromatic heterocycles. The quantitative estimate of drug-likeness (QED) is 0.674. The first-order valence-corrected chi connectivity index (χ1v) is 9.45. The molecule has 0 unspecified atom stereocenters. The summed E-state index contributed by atoms with van der Waals surface area (Å²) in [6.45, 7) is 1.75. The van der Waals surface area contributed by atoms with E-state index >= 15 is 0 Å². The van der Waals surface area contributed by atoms with Crippen molar-refractivity contribution in [3.05, 3.63) is 71.0 Å². The molecule has 1 heterocycles. The molecule has 1 N–H and O–H groups in total. The number of aryl methyl sites for hydroxylation is 1. The number of nitrogens with one attached hydrogen (secondary N) is 1. The monoisotopic (exact) mass is 415 g/mol. The minimum absolute atomic E-state index is 0.00377. The highest BCUT2D eigenvalue weighted by Gasteiger charge is 2.33. The first-order chi connectivity index (χ1) is 12.6. The van der Waals surface area contributed by atoms with Gasteiger partial charge in [0.05, 0.1) is 10.6 Å². The lowest BCUT2D eigenvalue weighted by Crippen LogP contribution is -2.13. The van der Waals surface area contributed by atoms with Gasteiger partial charge in [0, 0.05) is 16.9 Å². The third kappa shape index (κ3) is 4.25. The van der Waals surface area contributed by atoms with Crippen LogP contribution in [-0.2, 0) is 16.2 Å². The fraction of sp³-hybridized carbons (Fsp3) is 0.118. The van der Waals surface area contributed by atoms with Gasteiger partial charge in [-0.2, -0.15) is 18.3 Å². The summed E-state index contributed by atoms with van der Waals surface area (Å²) in [5.41, 5.74) is 0.339. The molecule has 0 aliphatic rings. The number of aromatic nitrogens is 2. The maximum atomic E-state index is 12.6. The molecule has 0 amide bonds. The molecule has 0 atom stereocenters. The average Bonchev–Trinajstić information content (AvgIpc) is 3.08. The van der Waals surface area contributed by atoms with E-state index in [2.05, 4.69) is 9.82 Å². The van der Waals surface area contributed by atoms with Gasteiger partial charge in [-0.3, -0.25) is 4.72 Å². The molecule has 10 heteroatoms. The van der Waals surface area contributed by atoms with Gasteiger partial charge in [0.1, 0.15) is 0 Å². The van der Waals surface area contributed by atoms with Crippen molar-refractivity contribution in [3.8, 4) is 5.69 Å². The third-order valence-electron chi connectivity index (χ3n) is 3.72. The standard InChI is InChI=1S/C17H13ClF3N3O2S/c1-11-2-7-14(10-15(11)18)27(25,26)23-12-3-5-13(6-4-12)24-9-8-16(22-24)17(19,20)21/h2-10,23H,1H3.